The summed E-state index contributed by atoms with van der Waals surface area (Å²) < 4.78 is 10.8. The molecule has 6 nitrogen and oxygen atoms in total. The van der Waals surface area contributed by atoms with Crippen LogP contribution in [0.2, 0.25) is 0 Å². The van der Waals surface area contributed by atoms with Crippen molar-refractivity contribution in [3.05, 3.63) is 66.0 Å². The number of benzene rings is 2. The van der Waals surface area contributed by atoms with E-state index in [0.29, 0.717) is 13.0 Å². The van der Waals surface area contributed by atoms with E-state index >= 15 is 0 Å². The first-order valence-electron chi connectivity index (χ1n) is 10.0. The van der Waals surface area contributed by atoms with Gasteiger partial charge in [-0.05, 0) is 36.1 Å². The molecule has 1 unspecified atom stereocenters. The maximum Gasteiger partial charge on any atom is 0.231 e. The van der Waals surface area contributed by atoms with Crippen LogP contribution in [0.1, 0.15) is 30.0 Å². The Balaban J connectivity index is 1.30. The minimum Gasteiger partial charge on any atom is -0.454 e. The molecule has 1 aromatic heterocycles. The van der Waals surface area contributed by atoms with Gasteiger partial charge in [-0.2, -0.15) is 5.10 Å². The van der Waals surface area contributed by atoms with Gasteiger partial charge in [0, 0.05) is 30.3 Å². The van der Waals surface area contributed by atoms with Crippen molar-refractivity contribution in [3.8, 4) is 22.6 Å². The lowest BCUT2D eigenvalue weighted by atomic mass is 9.90. The highest BCUT2D eigenvalue weighted by molar-refractivity contribution is 5.79. The Labute approximate surface area is 169 Å². The number of H-pyrrole nitrogens is 1. The summed E-state index contributed by atoms with van der Waals surface area (Å²) in [4.78, 5) is 14.9. The van der Waals surface area contributed by atoms with Crippen molar-refractivity contribution in [2.75, 3.05) is 19.9 Å². The van der Waals surface area contributed by atoms with E-state index in [1.807, 2.05) is 47.5 Å². The molecule has 1 N–H and O–H groups in total. The molecule has 2 aromatic carbocycles. The number of hydrogen-bond acceptors (Lipinski definition) is 4. The van der Waals surface area contributed by atoms with E-state index in [9.17, 15) is 4.79 Å². The molecule has 2 aliphatic heterocycles. The van der Waals surface area contributed by atoms with Gasteiger partial charge in [0.2, 0.25) is 12.7 Å². The Morgan fingerprint density at radius 3 is 2.90 bits per heavy atom. The van der Waals surface area contributed by atoms with Gasteiger partial charge in [-0.25, -0.2) is 0 Å². The molecule has 1 saturated heterocycles. The summed E-state index contributed by atoms with van der Waals surface area (Å²) in [5, 5.41) is 7.48. The zero-order valence-corrected chi connectivity index (χ0v) is 16.1. The summed E-state index contributed by atoms with van der Waals surface area (Å²) in [6.45, 7) is 1.76. The van der Waals surface area contributed by atoms with Crippen molar-refractivity contribution in [2.45, 2.75) is 25.2 Å². The lowest BCUT2D eigenvalue weighted by molar-refractivity contribution is -0.131. The molecule has 0 radical (unpaired) electrons. The van der Waals surface area contributed by atoms with Crippen LogP contribution < -0.4 is 9.47 Å². The van der Waals surface area contributed by atoms with E-state index in [0.717, 1.165) is 53.3 Å². The van der Waals surface area contributed by atoms with E-state index in [2.05, 4.69) is 22.3 Å². The summed E-state index contributed by atoms with van der Waals surface area (Å²) in [5.74, 6) is 1.88. The second-order valence-corrected chi connectivity index (χ2v) is 7.61. The van der Waals surface area contributed by atoms with Crippen LogP contribution >= 0.6 is 0 Å². The maximum atomic E-state index is 13.0. The number of fused-ring (bicyclic) bond motifs is 1. The van der Waals surface area contributed by atoms with Crippen LogP contribution in [-0.4, -0.2) is 40.9 Å². The molecule has 1 atom stereocenters. The third-order valence-corrected chi connectivity index (χ3v) is 5.73. The molecule has 148 valence electrons. The standard InChI is InChI=1S/C23H23N3O3/c27-22(12-16-8-9-20-21(11-16)29-15-28-20)26-10-4-7-18(14-26)23-19(13-24-25-23)17-5-2-1-3-6-17/h1-3,5-6,8-9,11,13,18H,4,7,10,12,14-15H2,(H,24,25). The first-order valence-corrected chi connectivity index (χ1v) is 10.0. The molecule has 0 spiro atoms. The fourth-order valence-electron chi connectivity index (χ4n) is 4.23. The number of carbonyl (C=O) groups is 1. The van der Waals surface area contributed by atoms with E-state index in [-0.39, 0.29) is 18.6 Å². The molecule has 0 bridgehead atoms. The number of ether oxygens (including phenoxy) is 2. The number of aromatic amines is 1. The largest absolute Gasteiger partial charge is 0.454 e. The molecule has 6 heteroatoms. The fourth-order valence-corrected chi connectivity index (χ4v) is 4.23. The van der Waals surface area contributed by atoms with Crippen LogP contribution in [0, 0.1) is 0 Å². The van der Waals surface area contributed by atoms with E-state index < -0.39 is 0 Å². The van der Waals surface area contributed by atoms with Crippen molar-refractivity contribution in [3.63, 3.8) is 0 Å². The van der Waals surface area contributed by atoms with Crippen molar-refractivity contribution in [1.82, 2.24) is 15.1 Å². The predicted molar refractivity (Wildman–Crippen MR) is 109 cm³/mol. The van der Waals surface area contributed by atoms with Gasteiger partial charge in [0.15, 0.2) is 11.5 Å². The first-order chi connectivity index (χ1) is 14.3. The molecule has 5 rings (SSSR count). The van der Waals surface area contributed by atoms with Gasteiger partial charge < -0.3 is 14.4 Å². The monoisotopic (exact) mass is 389 g/mol. The molecule has 0 aliphatic carbocycles. The van der Waals surface area contributed by atoms with Crippen molar-refractivity contribution in [1.29, 1.82) is 0 Å². The van der Waals surface area contributed by atoms with Gasteiger partial charge in [0.1, 0.15) is 0 Å². The molecular formula is C23H23N3O3. The number of nitrogens with zero attached hydrogens (tertiary/aromatic N) is 2. The summed E-state index contributed by atoms with van der Waals surface area (Å²) in [5.41, 5.74) is 4.35. The zero-order valence-electron chi connectivity index (χ0n) is 16.1. The minimum atomic E-state index is 0.148. The van der Waals surface area contributed by atoms with Gasteiger partial charge in [0.25, 0.3) is 0 Å². The summed E-state index contributed by atoms with van der Waals surface area (Å²) in [6, 6.07) is 16.0. The van der Waals surface area contributed by atoms with E-state index in [1.54, 1.807) is 0 Å². The lowest BCUT2D eigenvalue weighted by Crippen LogP contribution is -2.40. The number of rotatable bonds is 4. The van der Waals surface area contributed by atoms with Crippen molar-refractivity contribution >= 4 is 5.91 Å². The number of piperidine rings is 1. The number of amides is 1. The minimum absolute atomic E-state index is 0.148. The average Bonchev–Trinajstić information content (AvgIpc) is 3.44. The number of likely N-dealkylation sites (tertiary alicyclic amines) is 1. The SMILES string of the molecule is O=C(Cc1ccc2c(c1)OCO2)N1CCCC(c2[nH]ncc2-c2ccccc2)C1. The van der Waals surface area contributed by atoms with Gasteiger partial charge >= 0.3 is 0 Å². The average molecular weight is 389 g/mol. The smallest absolute Gasteiger partial charge is 0.231 e. The van der Waals surface area contributed by atoms with Gasteiger partial charge in [-0.3, -0.25) is 9.89 Å². The van der Waals surface area contributed by atoms with Gasteiger partial charge in [0.05, 0.1) is 12.6 Å². The quantitative estimate of drug-likeness (QED) is 0.738. The third-order valence-electron chi connectivity index (χ3n) is 5.73. The summed E-state index contributed by atoms with van der Waals surface area (Å²) >= 11 is 0. The molecule has 0 saturated carbocycles. The topological polar surface area (TPSA) is 67.5 Å². The highest BCUT2D eigenvalue weighted by Crippen LogP contribution is 2.34. The Kier molecular flexibility index (Phi) is 4.68. The highest BCUT2D eigenvalue weighted by Gasteiger charge is 2.28. The van der Waals surface area contributed by atoms with Crippen LogP contribution in [0.5, 0.6) is 11.5 Å². The Morgan fingerprint density at radius 1 is 1.14 bits per heavy atom. The van der Waals surface area contributed by atoms with Crippen LogP contribution in [-0.2, 0) is 11.2 Å². The second-order valence-electron chi connectivity index (χ2n) is 7.61. The number of carbonyl (C=O) groups excluding carboxylic acids is 1. The van der Waals surface area contributed by atoms with E-state index in [4.69, 9.17) is 9.47 Å². The maximum absolute atomic E-state index is 13.0. The lowest BCUT2D eigenvalue weighted by Gasteiger charge is -2.33. The highest BCUT2D eigenvalue weighted by atomic mass is 16.7. The van der Waals surface area contributed by atoms with Gasteiger partial charge in [-0.15, -0.1) is 0 Å². The first kappa shape index (κ1) is 17.8. The Morgan fingerprint density at radius 2 is 2.00 bits per heavy atom. The van der Waals surface area contributed by atoms with Crippen LogP contribution in [0.3, 0.4) is 0 Å². The normalized spacial score (nSPS) is 18.1. The molecule has 1 amide bonds. The van der Waals surface area contributed by atoms with E-state index in [1.165, 1.54) is 0 Å². The van der Waals surface area contributed by atoms with Crippen LogP contribution in [0.25, 0.3) is 11.1 Å². The van der Waals surface area contributed by atoms with Crippen molar-refractivity contribution in [2.24, 2.45) is 0 Å². The Hall–Kier alpha value is -3.28. The zero-order chi connectivity index (χ0) is 19.6. The number of nitrogens with one attached hydrogen (secondary N) is 1. The molecule has 29 heavy (non-hydrogen) atoms. The van der Waals surface area contributed by atoms with Crippen molar-refractivity contribution < 1.29 is 14.3 Å². The molecule has 3 aromatic rings. The summed E-state index contributed by atoms with van der Waals surface area (Å²) in [6.07, 6.45) is 4.30. The predicted octanol–water partition coefficient (Wildman–Crippen LogP) is 3.75. The second kappa shape index (κ2) is 7.62. The third kappa shape index (κ3) is 3.58. The number of aromatic nitrogens is 2. The summed E-state index contributed by atoms with van der Waals surface area (Å²) in [7, 11) is 0. The molecule has 3 heterocycles. The molecule has 2 aliphatic rings. The molecule has 1 fully saturated rings. The number of hydrogen-bond donors (Lipinski definition) is 1. The fraction of sp³-hybridized carbons (Fsp3) is 0.304. The van der Waals surface area contributed by atoms with Gasteiger partial charge in [-0.1, -0.05) is 36.4 Å². The van der Waals surface area contributed by atoms with Crippen LogP contribution in [0.4, 0.5) is 0 Å². The molecular weight excluding hydrogens is 366 g/mol. The van der Waals surface area contributed by atoms with Crippen LogP contribution in [0.15, 0.2) is 54.7 Å². The Bertz CT molecular complexity index is 1020.